The van der Waals surface area contributed by atoms with Gasteiger partial charge < -0.3 is 14.7 Å². The minimum Gasteiger partial charge on any atom is -0.444 e. The Hall–Kier alpha value is -1.33. The van der Waals surface area contributed by atoms with E-state index in [9.17, 15) is 9.90 Å². The van der Waals surface area contributed by atoms with Crippen molar-refractivity contribution in [3.05, 3.63) is 28.5 Å². The van der Waals surface area contributed by atoms with Gasteiger partial charge in [0.05, 0.1) is 5.60 Å². The van der Waals surface area contributed by atoms with Crippen molar-refractivity contribution < 1.29 is 14.6 Å². The zero-order chi connectivity index (χ0) is 18.3. The molecule has 1 unspecified atom stereocenters. The molecular weight excluding hydrogens is 328 g/mol. The van der Waals surface area contributed by atoms with Crippen LogP contribution in [0.3, 0.4) is 0 Å². The summed E-state index contributed by atoms with van der Waals surface area (Å²) in [6, 6.07) is 1.76. The second kappa shape index (κ2) is 6.52. The number of halogens is 1. The van der Waals surface area contributed by atoms with E-state index in [2.05, 4.69) is 4.98 Å². The lowest BCUT2D eigenvalue weighted by Gasteiger charge is -2.48. The molecule has 134 valence electrons. The van der Waals surface area contributed by atoms with Gasteiger partial charge in [-0.05, 0) is 39.3 Å². The van der Waals surface area contributed by atoms with Gasteiger partial charge in [0.15, 0.2) is 0 Å². The predicted octanol–water partition coefficient (Wildman–Crippen LogP) is 3.75. The van der Waals surface area contributed by atoms with E-state index < -0.39 is 11.2 Å². The molecule has 0 radical (unpaired) electrons. The highest BCUT2D eigenvalue weighted by molar-refractivity contribution is 6.29. The molecule has 0 bridgehead atoms. The third-order valence-electron chi connectivity index (χ3n) is 4.65. The summed E-state index contributed by atoms with van der Waals surface area (Å²) in [5.41, 5.74) is 0.0893. The maximum atomic E-state index is 12.4. The molecule has 0 spiro atoms. The highest BCUT2D eigenvalue weighted by atomic mass is 35.5. The smallest absolute Gasteiger partial charge is 0.410 e. The van der Waals surface area contributed by atoms with E-state index in [0.717, 1.165) is 11.1 Å². The Morgan fingerprint density at radius 3 is 2.38 bits per heavy atom. The number of nitrogens with zero attached hydrogens (tertiary/aromatic N) is 2. The molecule has 2 rings (SSSR count). The number of amides is 1. The fraction of sp³-hybridized carbons (Fsp3) is 0.667. The van der Waals surface area contributed by atoms with Crippen molar-refractivity contribution in [2.45, 2.75) is 52.7 Å². The second-order valence-electron chi connectivity index (χ2n) is 7.83. The molecule has 1 amide bonds. The number of hydrogen-bond donors (Lipinski definition) is 1. The Morgan fingerprint density at radius 2 is 1.92 bits per heavy atom. The summed E-state index contributed by atoms with van der Waals surface area (Å²) >= 11 is 5.94. The molecule has 1 aromatic rings. The minimum absolute atomic E-state index is 0.157. The fourth-order valence-electron chi connectivity index (χ4n) is 3.45. The zero-order valence-corrected chi connectivity index (χ0v) is 16.0. The van der Waals surface area contributed by atoms with Gasteiger partial charge in [0.25, 0.3) is 0 Å². The number of ether oxygens (including phenoxy) is 1. The fourth-order valence-corrected chi connectivity index (χ4v) is 3.66. The molecule has 1 fully saturated rings. The van der Waals surface area contributed by atoms with Crippen molar-refractivity contribution in [1.29, 1.82) is 0 Å². The van der Waals surface area contributed by atoms with Crippen molar-refractivity contribution in [2.75, 3.05) is 13.1 Å². The standard InChI is InChI=1S/C18H27ClN2O3/c1-11-7-15(19)20-8-14(11)18(23)12(2)9-21(10-13(18)3)16(22)24-17(4,5)6/h7-8,12-13,23H,9-10H2,1-6H3/t12-,13+,18?. The first-order valence-corrected chi connectivity index (χ1v) is 8.66. The molecule has 0 saturated carbocycles. The summed E-state index contributed by atoms with van der Waals surface area (Å²) in [5, 5.41) is 11.8. The summed E-state index contributed by atoms with van der Waals surface area (Å²) < 4.78 is 5.46. The third-order valence-corrected chi connectivity index (χ3v) is 4.86. The van der Waals surface area contributed by atoms with Crippen LogP contribution in [0, 0.1) is 18.8 Å². The topological polar surface area (TPSA) is 62.7 Å². The van der Waals surface area contributed by atoms with Gasteiger partial charge in [0.2, 0.25) is 0 Å². The molecule has 1 aliphatic rings. The molecule has 2 heterocycles. The van der Waals surface area contributed by atoms with Crippen LogP contribution in [-0.2, 0) is 10.3 Å². The van der Waals surface area contributed by atoms with Crippen molar-refractivity contribution in [1.82, 2.24) is 9.88 Å². The lowest BCUT2D eigenvalue weighted by molar-refractivity contribution is -0.112. The van der Waals surface area contributed by atoms with Gasteiger partial charge >= 0.3 is 6.09 Å². The van der Waals surface area contributed by atoms with Crippen molar-refractivity contribution in [3.63, 3.8) is 0 Å². The molecular formula is C18H27ClN2O3. The van der Waals surface area contributed by atoms with Gasteiger partial charge in [0, 0.05) is 36.7 Å². The molecule has 1 saturated heterocycles. The van der Waals surface area contributed by atoms with Gasteiger partial charge in [-0.15, -0.1) is 0 Å². The zero-order valence-electron chi connectivity index (χ0n) is 15.3. The number of hydrogen-bond acceptors (Lipinski definition) is 4. The number of pyridine rings is 1. The van der Waals surface area contributed by atoms with Crippen molar-refractivity contribution >= 4 is 17.7 Å². The van der Waals surface area contributed by atoms with E-state index in [1.807, 2.05) is 41.5 Å². The number of aromatic nitrogens is 1. The number of aliphatic hydroxyl groups is 1. The average molecular weight is 355 g/mol. The van der Waals surface area contributed by atoms with Gasteiger partial charge in [0.1, 0.15) is 10.8 Å². The van der Waals surface area contributed by atoms with Crippen LogP contribution in [0.1, 0.15) is 45.7 Å². The Bertz CT molecular complexity index is 615. The quantitative estimate of drug-likeness (QED) is 0.780. The largest absolute Gasteiger partial charge is 0.444 e. The number of piperidine rings is 1. The first kappa shape index (κ1) is 19.0. The molecule has 24 heavy (non-hydrogen) atoms. The molecule has 1 N–H and O–H groups in total. The van der Waals surface area contributed by atoms with Crippen LogP contribution in [-0.4, -0.2) is 39.8 Å². The molecule has 1 aliphatic heterocycles. The first-order chi connectivity index (χ1) is 10.9. The van der Waals surface area contributed by atoms with Crippen molar-refractivity contribution in [2.24, 2.45) is 11.8 Å². The molecule has 6 heteroatoms. The number of carbonyl (C=O) groups is 1. The van der Waals surface area contributed by atoms with Gasteiger partial charge in [-0.2, -0.15) is 0 Å². The van der Waals surface area contributed by atoms with Crippen LogP contribution in [0.4, 0.5) is 4.79 Å². The predicted molar refractivity (Wildman–Crippen MR) is 94.0 cm³/mol. The second-order valence-corrected chi connectivity index (χ2v) is 8.22. The normalized spacial score (nSPS) is 27.9. The van der Waals surface area contributed by atoms with Crippen LogP contribution in [0.15, 0.2) is 12.3 Å². The summed E-state index contributed by atoms with van der Waals surface area (Å²) in [4.78, 5) is 18.2. The van der Waals surface area contributed by atoms with Crippen LogP contribution in [0.2, 0.25) is 5.15 Å². The van der Waals surface area contributed by atoms with Gasteiger partial charge in [-0.25, -0.2) is 9.78 Å². The van der Waals surface area contributed by atoms with Gasteiger partial charge in [-0.3, -0.25) is 0 Å². The van der Waals surface area contributed by atoms with E-state index in [4.69, 9.17) is 16.3 Å². The maximum Gasteiger partial charge on any atom is 0.410 e. The van der Waals surface area contributed by atoms with E-state index in [1.54, 1.807) is 17.2 Å². The SMILES string of the molecule is Cc1cc(Cl)ncc1C1(O)[C@H](C)CN(C(=O)OC(C)(C)C)C[C@@H]1C. The Kier molecular flexibility index (Phi) is 5.17. The Morgan fingerprint density at radius 1 is 1.38 bits per heavy atom. The summed E-state index contributed by atoms with van der Waals surface area (Å²) in [5.74, 6) is -0.314. The van der Waals surface area contributed by atoms with Crippen molar-refractivity contribution in [3.8, 4) is 0 Å². The number of aryl methyl sites for hydroxylation is 1. The number of likely N-dealkylation sites (tertiary alicyclic amines) is 1. The Labute approximate surface area is 149 Å². The molecule has 3 atom stereocenters. The summed E-state index contributed by atoms with van der Waals surface area (Å²) in [7, 11) is 0. The van der Waals surface area contributed by atoms with Crippen LogP contribution < -0.4 is 0 Å². The van der Waals surface area contributed by atoms with Crippen LogP contribution >= 0.6 is 11.6 Å². The van der Waals surface area contributed by atoms with E-state index in [-0.39, 0.29) is 17.9 Å². The summed E-state index contributed by atoms with van der Waals surface area (Å²) in [6.07, 6.45) is 1.31. The van der Waals surface area contributed by atoms with E-state index in [0.29, 0.717) is 18.2 Å². The monoisotopic (exact) mass is 354 g/mol. The molecule has 0 aliphatic carbocycles. The molecule has 5 nitrogen and oxygen atoms in total. The third kappa shape index (κ3) is 3.67. The minimum atomic E-state index is -1.06. The summed E-state index contributed by atoms with van der Waals surface area (Å²) in [6.45, 7) is 12.2. The van der Waals surface area contributed by atoms with E-state index >= 15 is 0 Å². The van der Waals surface area contributed by atoms with Crippen LogP contribution in [0.5, 0.6) is 0 Å². The number of rotatable bonds is 1. The lowest BCUT2D eigenvalue weighted by Crippen LogP contribution is -2.56. The first-order valence-electron chi connectivity index (χ1n) is 8.28. The van der Waals surface area contributed by atoms with Gasteiger partial charge in [-0.1, -0.05) is 25.4 Å². The Balaban J connectivity index is 2.26. The number of carbonyl (C=O) groups excluding carboxylic acids is 1. The highest BCUT2D eigenvalue weighted by Crippen LogP contribution is 2.42. The maximum absolute atomic E-state index is 12.4. The van der Waals surface area contributed by atoms with Crippen LogP contribution in [0.25, 0.3) is 0 Å². The lowest BCUT2D eigenvalue weighted by atomic mass is 9.70. The highest BCUT2D eigenvalue weighted by Gasteiger charge is 2.48. The molecule has 1 aromatic heterocycles. The van der Waals surface area contributed by atoms with E-state index in [1.165, 1.54) is 0 Å². The average Bonchev–Trinajstić information content (AvgIpc) is 2.42. The molecule has 0 aromatic carbocycles.